The van der Waals surface area contributed by atoms with E-state index in [-0.39, 0.29) is 11.6 Å². The van der Waals surface area contributed by atoms with Crippen molar-refractivity contribution in [1.82, 2.24) is 4.98 Å². The van der Waals surface area contributed by atoms with Crippen LogP contribution in [0.2, 0.25) is 0 Å². The Bertz CT molecular complexity index is 437. The minimum absolute atomic E-state index is 0.102. The van der Waals surface area contributed by atoms with Gasteiger partial charge in [0.05, 0.1) is 22.9 Å². The van der Waals surface area contributed by atoms with Crippen molar-refractivity contribution in [1.29, 1.82) is 0 Å². The number of aromatic nitrogens is 1. The Balaban J connectivity index is 3.19. The number of pyridine rings is 1. The van der Waals surface area contributed by atoms with Gasteiger partial charge in [0.2, 0.25) is 5.88 Å². The Morgan fingerprint density at radius 2 is 2.47 bits per heavy atom. The van der Waals surface area contributed by atoms with Crippen LogP contribution in [0.5, 0.6) is 5.88 Å². The van der Waals surface area contributed by atoms with Crippen molar-refractivity contribution in [2.24, 2.45) is 0 Å². The molecule has 0 radical (unpaired) electrons. The van der Waals surface area contributed by atoms with E-state index in [2.05, 4.69) is 32.8 Å². The molecule has 0 spiro atoms. The highest BCUT2D eigenvalue weighted by atomic mass is 79.9. The number of rotatable bonds is 2. The molecule has 1 aromatic heterocycles. The van der Waals surface area contributed by atoms with Crippen molar-refractivity contribution in [3.05, 3.63) is 27.9 Å². The highest BCUT2D eigenvalue weighted by molar-refractivity contribution is 9.09. The van der Waals surface area contributed by atoms with Gasteiger partial charge in [-0.3, -0.25) is 10.1 Å². The molecule has 6 heteroatoms. The van der Waals surface area contributed by atoms with Gasteiger partial charge in [-0.2, -0.15) is 0 Å². The minimum Gasteiger partial charge on any atom is -0.480 e. The first-order chi connectivity index (χ1) is 7.19. The molecule has 0 aliphatic carbocycles. The molecule has 0 fully saturated rings. The van der Waals surface area contributed by atoms with Crippen molar-refractivity contribution in [2.75, 3.05) is 12.4 Å². The minimum atomic E-state index is -0.522. The summed E-state index contributed by atoms with van der Waals surface area (Å²) in [4.78, 5) is 13.8. The lowest BCUT2D eigenvalue weighted by atomic mass is 10.2. The summed E-state index contributed by atoms with van der Waals surface area (Å²) < 4.78 is 4.93. The van der Waals surface area contributed by atoms with E-state index in [1.54, 1.807) is 0 Å². The molecule has 0 atom stereocenters. The number of nitrogens with zero attached hydrogens (tertiary/aromatic N) is 2. The number of methoxy groups -OCH3 is 1. The summed E-state index contributed by atoms with van der Waals surface area (Å²) in [5.41, 5.74) is 0.306. The fraction of sp³-hybridized carbons (Fsp3) is 0.222. The molecule has 1 rings (SSSR count). The van der Waals surface area contributed by atoms with Gasteiger partial charge in [-0.25, -0.2) is 4.98 Å². The first kappa shape index (κ1) is 11.5. The van der Waals surface area contributed by atoms with Gasteiger partial charge in [0.15, 0.2) is 0 Å². The first-order valence-electron chi connectivity index (χ1n) is 3.92. The second-order valence-corrected chi connectivity index (χ2v) is 3.00. The van der Waals surface area contributed by atoms with Crippen LogP contribution >= 0.6 is 15.9 Å². The van der Waals surface area contributed by atoms with E-state index in [0.717, 1.165) is 6.20 Å². The monoisotopic (exact) mass is 270 g/mol. The first-order valence-corrected chi connectivity index (χ1v) is 5.04. The lowest BCUT2D eigenvalue weighted by Gasteiger charge is -2.00. The maximum atomic E-state index is 10.5. The lowest BCUT2D eigenvalue weighted by molar-refractivity contribution is -0.385. The molecule has 0 aliphatic rings. The van der Waals surface area contributed by atoms with Crippen molar-refractivity contribution in [2.45, 2.75) is 0 Å². The van der Waals surface area contributed by atoms with Gasteiger partial charge in [-0.15, -0.1) is 0 Å². The SMILES string of the molecule is COc1ncc([N+](=O)[O-])cc1C#CCBr. The molecule has 0 aliphatic heterocycles. The predicted molar refractivity (Wildman–Crippen MR) is 58.1 cm³/mol. The number of alkyl halides is 1. The molecule has 0 aromatic carbocycles. The number of nitro groups is 1. The third kappa shape index (κ3) is 2.92. The lowest BCUT2D eigenvalue weighted by Crippen LogP contribution is -1.95. The quantitative estimate of drug-likeness (QED) is 0.355. The van der Waals surface area contributed by atoms with E-state index in [1.807, 2.05) is 0 Å². The van der Waals surface area contributed by atoms with Crippen LogP contribution < -0.4 is 4.74 Å². The molecular weight excluding hydrogens is 264 g/mol. The summed E-state index contributed by atoms with van der Waals surface area (Å²) in [6, 6.07) is 1.33. The van der Waals surface area contributed by atoms with Crippen molar-refractivity contribution in [3.63, 3.8) is 0 Å². The molecule has 78 valence electrons. The van der Waals surface area contributed by atoms with Crippen LogP contribution in [0.15, 0.2) is 12.3 Å². The zero-order valence-electron chi connectivity index (χ0n) is 7.86. The van der Waals surface area contributed by atoms with Crippen LogP contribution in [0, 0.1) is 22.0 Å². The average molecular weight is 271 g/mol. The largest absolute Gasteiger partial charge is 0.480 e. The van der Waals surface area contributed by atoms with Crippen LogP contribution in [0.3, 0.4) is 0 Å². The maximum Gasteiger partial charge on any atom is 0.289 e. The van der Waals surface area contributed by atoms with Gasteiger partial charge in [0, 0.05) is 6.07 Å². The zero-order chi connectivity index (χ0) is 11.3. The van der Waals surface area contributed by atoms with Gasteiger partial charge in [-0.1, -0.05) is 27.8 Å². The van der Waals surface area contributed by atoms with E-state index in [0.29, 0.717) is 10.9 Å². The normalized spacial score (nSPS) is 8.93. The van der Waals surface area contributed by atoms with Crippen LogP contribution in [-0.2, 0) is 0 Å². The van der Waals surface area contributed by atoms with E-state index >= 15 is 0 Å². The van der Waals surface area contributed by atoms with Gasteiger partial charge in [-0.05, 0) is 0 Å². The Kier molecular flexibility index (Phi) is 4.06. The highest BCUT2D eigenvalue weighted by Crippen LogP contribution is 2.19. The maximum absolute atomic E-state index is 10.5. The topological polar surface area (TPSA) is 65.3 Å². The smallest absolute Gasteiger partial charge is 0.289 e. The molecule has 5 nitrogen and oxygen atoms in total. The number of ether oxygens (including phenoxy) is 1. The summed E-state index contributed by atoms with van der Waals surface area (Å²) in [5, 5.41) is 11.0. The molecule has 1 heterocycles. The van der Waals surface area contributed by atoms with Crippen LogP contribution in [0.25, 0.3) is 0 Å². The second-order valence-electron chi connectivity index (χ2n) is 2.44. The summed E-state index contributed by atoms with van der Waals surface area (Å²) in [5.74, 6) is 5.74. The molecule has 1 aromatic rings. The standard InChI is InChI=1S/C9H7BrN2O3/c1-15-9-7(3-2-4-10)5-8(6-11-9)12(13)14/h5-6H,4H2,1H3. The molecule has 0 saturated carbocycles. The third-order valence-electron chi connectivity index (χ3n) is 1.53. The summed E-state index contributed by atoms with van der Waals surface area (Å²) in [6.45, 7) is 0. The Hall–Kier alpha value is -1.61. The van der Waals surface area contributed by atoms with Crippen molar-refractivity contribution >= 4 is 21.6 Å². The summed E-state index contributed by atoms with van der Waals surface area (Å²) >= 11 is 3.13. The highest BCUT2D eigenvalue weighted by Gasteiger charge is 2.10. The van der Waals surface area contributed by atoms with Gasteiger partial charge in [0.1, 0.15) is 6.20 Å². The Labute approximate surface area is 94.7 Å². The van der Waals surface area contributed by atoms with E-state index in [9.17, 15) is 10.1 Å². The average Bonchev–Trinajstić information content (AvgIpc) is 2.25. The van der Waals surface area contributed by atoms with Crippen molar-refractivity contribution in [3.8, 4) is 17.7 Å². The predicted octanol–water partition coefficient (Wildman–Crippen LogP) is 1.74. The molecule has 15 heavy (non-hydrogen) atoms. The van der Waals surface area contributed by atoms with Crippen molar-refractivity contribution < 1.29 is 9.66 Å². The fourth-order valence-electron chi connectivity index (χ4n) is 0.922. The number of hydrogen-bond acceptors (Lipinski definition) is 4. The third-order valence-corrected chi connectivity index (χ3v) is 1.81. The van der Waals surface area contributed by atoms with Gasteiger partial charge >= 0.3 is 0 Å². The van der Waals surface area contributed by atoms with Crippen LogP contribution in [0.1, 0.15) is 5.56 Å². The van der Waals surface area contributed by atoms with Crippen LogP contribution in [-0.4, -0.2) is 22.3 Å². The molecule has 0 amide bonds. The number of halogens is 1. The molecule has 0 unspecified atom stereocenters. The molecule has 0 saturated heterocycles. The van der Waals surface area contributed by atoms with Gasteiger partial charge in [0.25, 0.3) is 5.69 Å². The molecular formula is C9H7BrN2O3. The number of hydrogen-bond donors (Lipinski definition) is 0. The van der Waals surface area contributed by atoms with E-state index in [1.165, 1.54) is 13.2 Å². The Morgan fingerprint density at radius 3 is 3.00 bits per heavy atom. The zero-order valence-corrected chi connectivity index (χ0v) is 9.44. The summed E-state index contributed by atoms with van der Waals surface area (Å²) in [6.07, 6.45) is 1.14. The van der Waals surface area contributed by atoms with Crippen LogP contribution in [0.4, 0.5) is 5.69 Å². The van der Waals surface area contributed by atoms with E-state index < -0.39 is 4.92 Å². The Morgan fingerprint density at radius 1 is 1.73 bits per heavy atom. The second kappa shape index (κ2) is 5.32. The van der Waals surface area contributed by atoms with E-state index in [4.69, 9.17) is 4.74 Å². The summed E-state index contributed by atoms with van der Waals surface area (Å²) in [7, 11) is 1.44. The van der Waals surface area contributed by atoms with Gasteiger partial charge < -0.3 is 4.74 Å². The molecule has 0 bridgehead atoms. The fourth-order valence-corrected chi connectivity index (χ4v) is 1.06. The molecule has 0 N–H and O–H groups in total.